The fourth-order valence-corrected chi connectivity index (χ4v) is 1.65. The van der Waals surface area contributed by atoms with Crippen molar-refractivity contribution < 1.29 is 0 Å². The molecule has 0 aliphatic rings. The van der Waals surface area contributed by atoms with Crippen molar-refractivity contribution in [2.24, 2.45) is 0 Å². The van der Waals surface area contributed by atoms with Gasteiger partial charge in [-0.3, -0.25) is 0 Å². The van der Waals surface area contributed by atoms with Crippen LogP contribution in [0.2, 0.25) is 0 Å². The molecule has 4 N–H and O–H groups in total. The summed E-state index contributed by atoms with van der Waals surface area (Å²) in [7, 11) is 0. The van der Waals surface area contributed by atoms with Crippen molar-refractivity contribution in [2.45, 2.75) is 13.3 Å². The molecule has 71 valence electrons. The number of nitrogens with two attached hydrogens (primary N) is 2. The Morgan fingerprint density at radius 1 is 1.29 bits per heavy atom. The molecule has 14 heavy (non-hydrogen) atoms. The van der Waals surface area contributed by atoms with E-state index < -0.39 is 0 Å². The van der Waals surface area contributed by atoms with Gasteiger partial charge in [-0.25, -0.2) is 0 Å². The molecule has 1 radical (unpaired) electrons. The summed E-state index contributed by atoms with van der Waals surface area (Å²) in [5.74, 6) is 0. The van der Waals surface area contributed by atoms with E-state index in [1.807, 2.05) is 18.2 Å². The van der Waals surface area contributed by atoms with Crippen molar-refractivity contribution in [1.29, 1.82) is 0 Å². The number of hydrogen-bond donors (Lipinski definition) is 2. The molecule has 0 atom stereocenters. The minimum absolute atomic E-state index is 0.533. The molecule has 0 heterocycles. The number of fused-ring (bicyclic) bond motifs is 1. The summed E-state index contributed by atoms with van der Waals surface area (Å²) in [6.45, 7) is 2.13. The van der Waals surface area contributed by atoms with Crippen molar-refractivity contribution in [3.05, 3.63) is 35.9 Å². The number of hydrogen-bond acceptors (Lipinski definition) is 2. The van der Waals surface area contributed by atoms with E-state index in [0.29, 0.717) is 11.4 Å². The fourth-order valence-electron chi connectivity index (χ4n) is 1.65. The Kier molecular flexibility index (Phi) is 2.04. The van der Waals surface area contributed by atoms with E-state index in [1.165, 1.54) is 5.56 Å². The third-order valence-electron chi connectivity index (χ3n) is 2.46. The lowest BCUT2D eigenvalue weighted by Gasteiger charge is -2.06. The second-order valence-electron chi connectivity index (χ2n) is 3.37. The SMILES string of the molecule is CCc1cccc2[c]c(N)c(N)cc12. The van der Waals surface area contributed by atoms with Crippen LogP contribution in [0.1, 0.15) is 12.5 Å². The molecule has 2 heteroatoms. The van der Waals surface area contributed by atoms with E-state index in [1.54, 1.807) is 0 Å². The first kappa shape index (κ1) is 8.88. The average molecular weight is 185 g/mol. The van der Waals surface area contributed by atoms with Gasteiger partial charge in [0.15, 0.2) is 0 Å². The quantitative estimate of drug-likeness (QED) is 0.670. The fraction of sp³-hybridized carbons (Fsp3) is 0.167. The molecule has 0 aliphatic carbocycles. The van der Waals surface area contributed by atoms with Gasteiger partial charge in [-0.2, -0.15) is 0 Å². The third-order valence-corrected chi connectivity index (χ3v) is 2.46. The van der Waals surface area contributed by atoms with Crippen molar-refractivity contribution in [2.75, 3.05) is 11.5 Å². The summed E-state index contributed by atoms with van der Waals surface area (Å²) in [4.78, 5) is 0. The summed E-state index contributed by atoms with van der Waals surface area (Å²) in [6.07, 6.45) is 0.995. The predicted molar refractivity (Wildman–Crippen MR) is 61.0 cm³/mol. The zero-order valence-corrected chi connectivity index (χ0v) is 8.17. The Morgan fingerprint density at radius 2 is 2.07 bits per heavy atom. The zero-order chi connectivity index (χ0) is 10.1. The normalized spacial score (nSPS) is 10.6. The number of aryl methyl sites for hydroxylation is 1. The van der Waals surface area contributed by atoms with Gasteiger partial charge in [-0.05, 0) is 28.8 Å². The lowest BCUT2D eigenvalue weighted by molar-refractivity contribution is 1.16. The van der Waals surface area contributed by atoms with Crippen molar-refractivity contribution >= 4 is 22.1 Å². The van der Waals surface area contributed by atoms with Gasteiger partial charge >= 0.3 is 0 Å². The van der Waals surface area contributed by atoms with Crippen LogP contribution in [0.15, 0.2) is 24.3 Å². The number of rotatable bonds is 1. The maximum Gasteiger partial charge on any atom is 0.0634 e. The largest absolute Gasteiger partial charge is 0.397 e. The van der Waals surface area contributed by atoms with Gasteiger partial charge in [0.05, 0.1) is 11.4 Å². The Balaban J connectivity index is 2.81. The van der Waals surface area contributed by atoms with Gasteiger partial charge in [-0.15, -0.1) is 0 Å². The maximum atomic E-state index is 5.75. The lowest BCUT2D eigenvalue weighted by Crippen LogP contribution is -1.95. The molecule has 0 unspecified atom stereocenters. The molecule has 0 spiro atoms. The lowest BCUT2D eigenvalue weighted by atomic mass is 10.0. The molecular formula is C12H13N2. The Bertz CT molecular complexity index is 475. The highest BCUT2D eigenvalue weighted by molar-refractivity contribution is 5.92. The molecule has 0 bridgehead atoms. The van der Waals surface area contributed by atoms with Gasteiger partial charge < -0.3 is 11.5 Å². The third kappa shape index (κ3) is 1.29. The topological polar surface area (TPSA) is 52.0 Å². The van der Waals surface area contributed by atoms with Crippen molar-refractivity contribution in [3.63, 3.8) is 0 Å². The highest BCUT2D eigenvalue weighted by Crippen LogP contribution is 2.25. The van der Waals surface area contributed by atoms with E-state index in [4.69, 9.17) is 11.5 Å². The highest BCUT2D eigenvalue weighted by Gasteiger charge is 2.02. The van der Waals surface area contributed by atoms with Gasteiger partial charge in [0.2, 0.25) is 0 Å². The molecule has 0 amide bonds. The second-order valence-corrected chi connectivity index (χ2v) is 3.37. The molecule has 2 nitrogen and oxygen atoms in total. The van der Waals surface area contributed by atoms with Crippen LogP contribution in [0, 0.1) is 6.07 Å². The molecule has 0 aliphatic heterocycles. The van der Waals surface area contributed by atoms with Crippen LogP contribution < -0.4 is 11.5 Å². The number of anilines is 2. The molecule has 0 aromatic heterocycles. The summed E-state index contributed by atoms with van der Waals surface area (Å²) >= 11 is 0. The monoisotopic (exact) mass is 185 g/mol. The molecule has 2 aromatic carbocycles. The van der Waals surface area contributed by atoms with E-state index in [9.17, 15) is 0 Å². The summed E-state index contributed by atoms with van der Waals surface area (Å²) in [6, 6.07) is 11.1. The first-order chi connectivity index (χ1) is 6.72. The standard InChI is InChI=1S/C12H13N2/c1-2-8-4-3-5-9-6-11(13)12(14)7-10(8)9/h3-5,7H,2,13-14H2,1H3. The number of benzene rings is 2. The van der Waals surface area contributed by atoms with Crippen LogP contribution in [-0.4, -0.2) is 0 Å². The molecule has 2 rings (SSSR count). The van der Waals surface area contributed by atoms with Crippen LogP contribution in [0.5, 0.6) is 0 Å². The highest BCUT2D eigenvalue weighted by atomic mass is 14.7. The van der Waals surface area contributed by atoms with Crippen LogP contribution >= 0.6 is 0 Å². The minimum Gasteiger partial charge on any atom is -0.397 e. The van der Waals surface area contributed by atoms with Crippen molar-refractivity contribution in [1.82, 2.24) is 0 Å². The van der Waals surface area contributed by atoms with Crippen molar-refractivity contribution in [3.8, 4) is 0 Å². The van der Waals surface area contributed by atoms with E-state index in [2.05, 4.69) is 19.1 Å². The van der Waals surface area contributed by atoms with E-state index in [-0.39, 0.29) is 0 Å². The smallest absolute Gasteiger partial charge is 0.0634 e. The Labute approximate surface area is 83.5 Å². The first-order valence-electron chi connectivity index (χ1n) is 4.71. The van der Waals surface area contributed by atoms with E-state index >= 15 is 0 Å². The van der Waals surface area contributed by atoms with Crippen LogP contribution in [-0.2, 0) is 6.42 Å². The summed E-state index contributed by atoms with van der Waals surface area (Å²) in [5, 5.41) is 2.19. The Hall–Kier alpha value is -1.70. The molecular weight excluding hydrogens is 172 g/mol. The summed E-state index contributed by atoms with van der Waals surface area (Å²) in [5.41, 5.74) is 13.9. The van der Waals surface area contributed by atoms with Gasteiger partial charge in [0.1, 0.15) is 0 Å². The maximum absolute atomic E-state index is 5.75. The van der Waals surface area contributed by atoms with Gasteiger partial charge in [0.25, 0.3) is 0 Å². The second kappa shape index (κ2) is 3.22. The first-order valence-corrected chi connectivity index (χ1v) is 4.71. The molecule has 2 aromatic rings. The number of nitrogen functional groups attached to an aromatic ring is 2. The molecule has 0 saturated carbocycles. The molecule has 0 saturated heterocycles. The molecule has 0 fully saturated rings. The minimum atomic E-state index is 0.533. The summed E-state index contributed by atoms with van der Waals surface area (Å²) < 4.78 is 0. The predicted octanol–water partition coefficient (Wildman–Crippen LogP) is 2.37. The van der Waals surface area contributed by atoms with Gasteiger partial charge in [0, 0.05) is 6.07 Å². The Morgan fingerprint density at radius 3 is 2.79 bits per heavy atom. The van der Waals surface area contributed by atoms with Crippen LogP contribution in [0.25, 0.3) is 10.8 Å². The van der Waals surface area contributed by atoms with E-state index in [0.717, 1.165) is 17.2 Å². The average Bonchev–Trinajstić information content (AvgIpc) is 2.19. The van der Waals surface area contributed by atoms with Crippen LogP contribution in [0.4, 0.5) is 11.4 Å². The van der Waals surface area contributed by atoms with Gasteiger partial charge in [-0.1, -0.05) is 25.1 Å². The zero-order valence-electron chi connectivity index (χ0n) is 8.17. The van der Waals surface area contributed by atoms with Crippen LogP contribution in [0.3, 0.4) is 0 Å².